The SMILES string of the molecule is COc1ccc(-c2c(C#N)c(N)nc(C)c2-c2ccccc2)cc1Br. The van der Waals surface area contributed by atoms with Gasteiger partial charge in [0.25, 0.3) is 0 Å². The van der Waals surface area contributed by atoms with E-state index in [1.807, 2.05) is 55.5 Å². The number of pyridine rings is 1. The molecular formula is C20H16BrN3O. The highest BCUT2D eigenvalue weighted by molar-refractivity contribution is 9.10. The molecule has 3 aromatic rings. The van der Waals surface area contributed by atoms with Crippen molar-refractivity contribution in [3.63, 3.8) is 0 Å². The predicted octanol–water partition coefficient (Wildman–Crippen LogP) is 4.95. The normalized spacial score (nSPS) is 10.3. The van der Waals surface area contributed by atoms with Crippen molar-refractivity contribution in [3.8, 4) is 34.1 Å². The van der Waals surface area contributed by atoms with Crippen molar-refractivity contribution in [2.45, 2.75) is 6.92 Å². The lowest BCUT2D eigenvalue weighted by molar-refractivity contribution is 0.412. The standard InChI is InChI=1S/C20H16BrN3O/c1-12-18(13-6-4-3-5-7-13)19(15(11-22)20(23)24-12)14-8-9-17(25-2)16(21)10-14/h3-10H,1-2H3,(H2,23,24). The third-order valence-electron chi connectivity index (χ3n) is 4.02. The minimum absolute atomic E-state index is 0.238. The largest absolute Gasteiger partial charge is 0.496 e. The van der Waals surface area contributed by atoms with Crippen molar-refractivity contribution >= 4 is 21.7 Å². The molecule has 25 heavy (non-hydrogen) atoms. The quantitative estimate of drug-likeness (QED) is 0.682. The number of nitrogens with two attached hydrogens (primary N) is 1. The maximum absolute atomic E-state index is 9.69. The van der Waals surface area contributed by atoms with Gasteiger partial charge in [-0.05, 0) is 46.1 Å². The Kier molecular flexibility index (Phi) is 4.73. The van der Waals surface area contributed by atoms with Gasteiger partial charge in [0.05, 0.1) is 11.6 Å². The van der Waals surface area contributed by atoms with Crippen molar-refractivity contribution in [1.82, 2.24) is 4.98 Å². The molecule has 0 fully saturated rings. The van der Waals surface area contributed by atoms with Gasteiger partial charge >= 0.3 is 0 Å². The summed E-state index contributed by atoms with van der Waals surface area (Å²) < 4.78 is 6.11. The van der Waals surface area contributed by atoms with Crippen LogP contribution in [-0.4, -0.2) is 12.1 Å². The number of nitriles is 1. The summed E-state index contributed by atoms with van der Waals surface area (Å²) in [6.45, 7) is 1.90. The van der Waals surface area contributed by atoms with Crippen LogP contribution in [0.2, 0.25) is 0 Å². The van der Waals surface area contributed by atoms with Crippen LogP contribution in [0.25, 0.3) is 22.3 Å². The molecule has 124 valence electrons. The van der Waals surface area contributed by atoms with Crippen molar-refractivity contribution in [1.29, 1.82) is 5.26 Å². The van der Waals surface area contributed by atoms with Crippen LogP contribution >= 0.6 is 15.9 Å². The number of benzene rings is 2. The second kappa shape index (κ2) is 6.96. The van der Waals surface area contributed by atoms with Gasteiger partial charge in [-0.25, -0.2) is 4.98 Å². The Balaban J connectivity index is 2.38. The first kappa shape index (κ1) is 17.0. The van der Waals surface area contributed by atoms with E-state index in [1.54, 1.807) is 7.11 Å². The number of methoxy groups -OCH3 is 1. The Morgan fingerprint density at radius 1 is 1.08 bits per heavy atom. The second-order valence-electron chi connectivity index (χ2n) is 5.53. The summed E-state index contributed by atoms with van der Waals surface area (Å²) in [7, 11) is 1.62. The summed E-state index contributed by atoms with van der Waals surface area (Å²) in [6, 6.07) is 17.8. The summed E-state index contributed by atoms with van der Waals surface area (Å²) in [5.41, 5.74) is 10.8. The van der Waals surface area contributed by atoms with E-state index in [-0.39, 0.29) is 5.82 Å². The first-order chi connectivity index (χ1) is 12.1. The summed E-state index contributed by atoms with van der Waals surface area (Å²) >= 11 is 3.51. The molecule has 0 aliphatic heterocycles. The number of aryl methyl sites for hydroxylation is 1. The van der Waals surface area contributed by atoms with E-state index in [0.29, 0.717) is 5.56 Å². The van der Waals surface area contributed by atoms with Crippen molar-refractivity contribution in [2.75, 3.05) is 12.8 Å². The maximum atomic E-state index is 9.69. The third kappa shape index (κ3) is 3.09. The molecule has 0 aliphatic rings. The van der Waals surface area contributed by atoms with E-state index in [2.05, 4.69) is 27.0 Å². The average molecular weight is 394 g/mol. The van der Waals surface area contributed by atoms with Crippen LogP contribution in [0.4, 0.5) is 5.82 Å². The Morgan fingerprint density at radius 3 is 2.40 bits per heavy atom. The van der Waals surface area contributed by atoms with E-state index in [1.165, 1.54) is 0 Å². The van der Waals surface area contributed by atoms with Gasteiger partial charge in [-0.3, -0.25) is 0 Å². The van der Waals surface area contributed by atoms with Gasteiger partial charge in [0.1, 0.15) is 23.2 Å². The molecule has 0 radical (unpaired) electrons. The molecule has 0 atom stereocenters. The van der Waals surface area contributed by atoms with Crippen LogP contribution in [0.5, 0.6) is 5.75 Å². The second-order valence-corrected chi connectivity index (χ2v) is 6.39. The lowest BCUT2D eigenvalue weighted by atomic mass is 9.90. The molecule has 0 unspecified atom stereocenters. The fourth-order valence-electron chi connectivity index (χ4n) is 2.91. The van der Waals surface area contributed by atoms with Crippen LogP contribution < -0.4 is 10.5 Å². The van der Waals surface area contributed by atoms with Crippen LogP contribution in [0, 0.1) is 18.3 Å². The lowest BCUT2D eigenvalue weighted by Gasteiger charge is -2.17. The van der Waals surface area contributed by atoms with Crippen LogP contribution in [0.1, 0.15) is 11.3 Å². The Morgan fingerprint density at radius 2 is 1.80 bits per heavy atom. The highest BCUT2D eigenvalue weighted by Gasteiger charge is 2.20. The number of ether oxygens (including phenoxy) is 1. The fraction of sp³-hybridized carbons (Fsp3) is 0.100. The molecule has 1 heterocycles. The molecule has 0 saturated heterocycles. The topological polar surface area (TPSA) is 71.9 Å². The van der Waals surface area contributed by atoms with Gasteiger partial charge in [-0.15, -0.1) is 0 Å². The van der Waals surface area contributed by atoms with E-state index >= 15 is 0 Å². The van der Waals surface area contributed by atoms with Crippen molar-refractivity contribution < 1.29 is 4.74 Å². The molecule has 4 nitrogen and oxygen atoms in total. The van der Waals surface area contributed by atoms with E-state index in [9.17, 15) is 5.26 Å². The van der Waals surface area contributed by atoms with Crippen molar-refractivity contribution in [2.24, 2.45) is 0 Å². The number of nitrogens with zero attached hydrogens (tertiary/aromatic N) is 2. The van der Waals surface area contributed by atoms with Crippen LogP contribution in [0.3, 0.4) is 0 Å². The highest BCUT2D eigenvalue weighted by Crippen LogP contribution is 2.40. The number of hydrogen-bond donors (Lipinski definition) is 1. The first-order valence-electron chi connectivity index (χ1n) is 7.66. The fourth-order valence-corrected chi connectivity index (χ4v) is 3.45. The first-order valence-corrected chi connectivity index (χ1v) is 8.45. The van der Waals surface area contributed by atoms with Gasteiger partial charge in [0.15, 0.2) is 0 Å². The maximum Gasteiger partial charge on any atom is 0.142 e. The summed E-state index contributed by atoms with van der Waals surface area (Å²) in [5, 5.41) is 9.69. The number of halogens is 1. The minimum atomic E-state index is 0.238. The number of rotatable bonds is 3. The van der Waals surface area contributed by atoms with E-state index < -0.39 is 0 Å². The Labute approximate surface area is 155 Å². The zero-order valence-corrected chi connectivity index (χ0v) is 15.5. The molecule has 1 aromatic heterocycles. The van der Waals surface area contributed by atoms with E-state index in [4.69, 9.17) is 10.5 Å². The molecule has 0 saturated carbocycles. The van der Waals surface area contributed by atoms with Crippen LogP contribution in [-0.2, 0) is 0 Å². The summed E-state index contributed by atoms with van der Waals surface area (Å²) in [6.07, 6.45) is 0. The molecule has 2 aromatic carbocycles. The zero-order chi connectivity index (χ0) is 18.0. The average Bonchev–Trinajstić information content (AvgIpc) is 2.61. The Hall–Kier alpha value is -2.84. The predicted molar refractivity (Wildman–Crippen MR) is 103 cm³/mol. The summed E-state index contributed by atoms with van der Waals surface area (Å²) in [4.78, 5) is 4.38. The molecule has 0 amide bonds. The van der Waals surface area contributed by atoms with Gasteiger partial charge < -0.3 is 10.5 Å². The Bertz CT molecular complexity index is 978. The van der Waals surface area contributed by atoms with Crippen molar-refractivity contribution in [3.05, 3.63) is 64.3 Å². The molecule has 2 N–H and O–H groups in total. The molecular weight excluding hydrogens is 378 g/mol. The monoisotopic (exact) mass is 393 g/mol. The van der Waals surface area contributed by atoms with Gasteiger partial charge in [0, 0.05) is 16.8 Å². The summed E-state index contributed by atoms with van der Waals surface area (Å²) in [5.74, 6) is 0.962. The van der Waals surface area contributed by atoms with Gasteiger partial charge in [-0.2, -0.15) is 5.26 Å². The van der Waals surface area contributed by atoms with Gasteiger partial charge in [-0.1, -0.05) is 36.4 Å². The minimum Gasteiger partial charge on any atom is -0.496 e. The van der Waals surface area contributed by atoms with E-state index in [0.717, 1.165) is 38.2 Å². The number of nitrogen functional groups attached to an aromatic ring is 1. The smallest absolute Gasteiger partial charge is 0.142 e. The molecule has 0 bridgehead atoms. The molecule has 3 rings (SSSR count). The number of anilines is 1. The number of hydrogen-bond acceptors (Lipinski definition) is 4. The van der Waals surface area contributed by atoms with Crippen LogP contribution in [0.15, 0.2) is 53.0 Å². The van der Waals surface area contributed by atoms with Gasteiger partial charge in [0.2, 0.25) is 0 Å². The zero-order valence-electron chi connectivity index (χ0n) is 13.9. The third-order valence-corrected chi connectivity index (χ3v) is 4.64. The molecule has 5 heteroatoms. The highest BCUT2D eigenvalue weighted by atomic mass is 79.9. The molecule has 0 spiro atoms. The number of aromatic nitrogens is 1. The molecule has 0 aliphatic carbocycles. The lowest BCUT2D eigenvalue weighted by Crippen LogP contribution is -2.03.